The summed E-state index contributed by atoms with van der Waals surface area (Å²) in [6, 6.07) is 0. The molecule has 12 heteroatoms. The van der Waals surface area contributed by atoms with E-state index in [1.807, 2.05) is 0 Å². The van der Waals surface area contributed by atoms with Crippen LogP contribution in [0, 0.1) is 0 Å². The molecule has 8 nitrogen and oxygen atoms in total. The monoisotopic (exact) mass is 382 g/mol. The van der Waals surface area contributed by atoms with Crippen molar-refractivity contribution >= 4 is 41.9 Å². The summed E-state index contributed by atoms with van der Waals surface area (Å²) in [5.41, 5.74) is 0. The van der Waals surface area contributed by atoms with Gasteiger partial charge in [-0.05, 0) is 12.8 Å². The van der Waals surface area contributed by atoms with E-state index in [0.29, 0.717) is 12.8 Å². The molecule has 1 heterocycles. The van der Waals surface area contributed by atoms with Crippen LogP contribution in [-0.4, -0.2) is 49.8 Å². The molecule has 0 N–H and O–H groups in total. The third kappa shape index (κ3) is 3.37. The Morgan fingerprint density at radius 3 is 1.43 bits per heavy atom. The van der Waals surface area contributed by atoms with E-state index in [1.165, 1.54) is 0 Å². The van der Waals surface area contributed by atoms with Gasteiger partial charge in [0.1, 0.15) is 0 Å². The number of nitrogens with zero attached hydrogens (tertiary/aromatic N) is 2. The van der Waals surface area contributed by atoms with Crippen LogP contribution in [0.15, 0.2) is 0 Å². The smallest absolute Gasteiger partial charge is 0.208 e. The predicted molar refractivity (Wildman–Crippen MR) is 79.6 cm³/mol. The third-order valence-corrected chi connectivity index (χ3v) is 12.0. The van der Waals surface area contributed by atoms with Crippen molar-refractivity contribution < 1.29 is 25.3 Å². The molecule has 0 radical (unpaired) electrons. The second-order valence-corrected chi connectivity index (χ2v) is 11.9. The lowest BCUT2D eigenvalue weighted by Crippen LogP contribution is -2.59. The van der Waals surface area contributed by atoms with E-state index in [4.69, 9.17) is 11.6 Å². The molecular weight excluding hydrogens is 364 g/mol. The van der Waals surface area contributed by atoms with Crippen LogP contribution in [0.4, 0.5) is 0 Å². The molecule has 0 aliphatic carbocycles. The minimum absolute atomic E-state index is 0.206. The topological polar surface area (TPSA) is 109 Å². The molecule has 1 aliphatic rings. The maximum Gasteiger partial charge on any atom is 0.308 e. The van der Waals surface area contributed by atoms with Gasteiger partial charge in [-0.2, -0.15) is 8.42 Å². The summed E-state index contributed by atoms with van der Waals surface area (Å²) in [5, 5.41) is 0. The number of sulfonamides is 2. The molecule has 0 atom stereocenters. The minimum atomic E-state index is -4.67. The van der Waals surface area contributed by atoms with E-state index in [2.05, 4.69) is 0 Å². The Kier molecular flexibility index (Phi) is 6.07. The van der Waals surface area contributed by atoms with Gasteiger partial charge in [-0.25, -0.2) is 16.8 Å². The van der Waals surface area contributed by atoms with Crippen LogP contribution in [-0.2, 0) is 30.3 Å². The van der Waals surface area contributed by atoms with Gasteiger partial charge in [-0.3, -0.25) is 0 Å². The largest absolute Gasteiger partial charge is 0.308 e. The Labute approximate surface area is 131 Å². The number of hydrogen-bond donors (Lipinski definition) is 0. The summed E-state index contributed by atoms with van der Waals surface area (Å²) in [4.78, 5) is 0. The van der Waals surface area contributed by atoms with Crippen LogP contribution >= 0.6 is 11.6 Å². The van der Waals surface area contributed by atoms with Crippen molar-refractivity contribution in [1.29, 1.82) is 0 Å². The van der Waals surface area contributed by atoms with Gasteiger partial charge in [0.25, 0.3) is 24.1 Å². The fraction of sp³-hybridized carbons (Fsp3) is 1.00. The molecule has 0 aromatic heterocycles. The number of rotatable bonds is 6. The van der Waals surface area contributed by atoms with Crippen LogP contribution in [0.25, 0.3) is 0 Å². The Morgan fingerprint density at radius 2 is 1.14 bits per heavy atom. The maximum atomic E-state index is 12.3. The molecule has 0 spiro atoms. The highest BCUT2D eigenvalue weighted by atomic mass is 35.5. The van der Waals surface area contributed by atoms with Crippen molar-refractivity contribution in [2.45, 2.75) is 43.6 Å². The zero-order valence-corrected chi connectivity index (χ0v) is 15.0. The summed E-state index contributed by atoms with van der Waals surface area (Å²) in [6.07, 6.45) is 1.67. The molecule has 21 heavy (non-hydrogen) atoms. The number of hydrogen-bond acceptors (Lipinski definition) is 6. The molecule has 1 fully saturated rings. The quantitative estimate of drug-likeness (QED) is 0.623. The average molecular weight is 383 g/mol. The van der Waals surface area contributed by atoms with Crippen molar-refractivity contribution in [3.05, 3.63) is 0 Å². The van der Waals surface area contributed by atoms with Gasteiger partial charge >= 0.3 is 10.2 Å². The standard InChI is InChI=1S/C9H19ClN2O6S3/c1-3-5-7-11-19(13,14)9(10)20(15,16)12(8-6-4-2)21(11,17)18/h9H,3-8H2,1-2H3. The zero-order valence-electron chi connectivity index (χ0n) is 11.8. The molecule has 0 bridgehead atoms. The van der Waals surface area contributed by atoms with Crippen LogP contribution in [0.3, 0.4) is 0 Å². The lowest BCUT2D eigenvalue weighted by Gasteiger charge is -2.35. The highest BCUT2D eigenvalue weighted by Gasteiger charge is 2.57. The highest BCUT2D eigenvalue weighted by Crippen LogP contribution is 2.34. The Hall–Kier alpha value is 0.0600. The number of halogens is 1. The second-order valence-electron chi connectivity index (χ2n) is 4.57. The van der Waals surface area contributed by atoms with Gasteiger partial charge < -0.3 is 0 Å². The lowest BCUT2D eigenvalue weighted by molar-refractivity contribution is 0.429. The van der Waals surface area contributed by atoms with E-state index in [9.17, 15) is 25.3 Å². The Bertz CT molecular complexity index is 620. The van der Waals surface area contributed by atoms with E-state index in [1.54, 1.807) is 13.8 Å². The van der Waals surface area contributed by atoms with Crippen LogP contribution in [0.5, 0.6) is 0 Å². The molecule has 0 amide bonds. The first-order chi connectivity index (χ1) is 9.54. The Morgan fingerprint density at radius 1 is 0.810 bits per heavy atom. The van der Waals surface area contributed by atoms with Gasteiger partial charge in [0, 0.05) is 13.1 Å². The van der Waals surface area contributed by atoms with Crippen molar-refractivity contribution in [2.75, 3.05) is 13.1 Å². The van der Waals surface area contributed by atoms with Crippen LogP contribution in [0.2, 0.25) is 0 Å². The molecule has 1 saturated heterocycles. The van der Waals surface area contributed by atoms with Gasteiger partial charge in [-0.15, -0.1) is 0 Å². The van der Waals surface area contributed by atoms with Gasteiger partial charge in [0.15, 0.2) is 0 Å². The molecule has 0 aromatic carbocycles. The molecular formula is C9H19ClN2O6S3. The highest BCUT2D eigenvalue weighted by molar-refractivity contribution is 8.20. The summed E-state index contributed by atoms with van der Waals surface area (Å²) < 4.78 is 71.1. The maximum absolute atomic E-state index is 12.3. The van der Waals surface area contributed by atoms with Crippen LogP contribution < -0.4 is 0 Å². The first-order valence-corrected chi connectivity index (χ1v) is 11.3. The fourth-order valence-electron chi connectivity index (χ4n) is 1.76. The number of alkyl halides is 1. The summed E-state index contributed by atoms with van der Waals surface area (Å²) in [6.45, 7) is 2.88. The summed E-state index contributed by atoms with van der Waals surface area (Å²) in [7, 11) is -14.0. The van der Waals surface area contributed by atoms with E-state index in [0.717, 1.165) is 0 Å². The van der Waals surface area contributed by atoms with E-state index >= 15 is 0 Å². The SMILES string of the molecule is CCCCN1S(=O)(=O)C(Cl)S(=O)(=O)N(CCCC)S1(=O)=O. The number of unbranched alkanes of at least 4 members (excludes halogenated alkanes) is 2. The van der Waals surface area contributed by atoms with Crippen molar-refractivity contribution in [3.8, 4) is 0 Å². The van der Waals surface area contributed by atoms with Gasteiger partial charge in [0.05, 0.1) is 0 Å². The molecule has 1 aliphatic heterocycles. The van der Waals surface area contributed by atoms with Gasteiger partial charge in [0.2, 0.25) is 0 Å². The molecule has 1 rings (SSSR count). The Balaban J connectivity index is 3.41. The molecule has 0 unspecified atom stereocenters. The van der Waals surface area contributed by atoms with Crippen LogP contribution in [0.1, 0.15) is 39.5 Å². The first kappa shape index (κ1) is 19.1. The summed E-state index contributed by atoms with van der Waals surface area (Å²) >= 11 is 5.55. The third-order valence-electron chi connectivity index (χ3n) is 2.94. The second kappa shape index (κ2) is 6.67. The van der Waals surface area contributed by atoms with Crippen molar-refractivity contribution in [2.24, 2.45) is 0 Å². The first-order valence-electron chi connectivity index (χ1n) is 6.47. The molecule has 0 aromatic rings. The minimum Gasteiger partial charge on any atom is -0.208 e. The van der Waals surface area contributed by atoms with Crippen molar-refractivity contribution in [3.63, 3.8) is 0 Å². The van der Waals surface area contributed by atoms with E-state index in [-0.39, 0.29) is 33.4 Å². The molecule has 126 valence electrons. The predicted octanol–water partition coefficient (Wildman–Crippen LogP) is 0.631. The van der Waals surface area contributed by atoms with Gasteiger partial charge in [-0.1, -0.05) is 45.7 Å². The normalized spacial score (nSPS) is 25.9. The summed E-state index contributed by atoms with van der Waals surface area (Å²) in [5.74, 6) is 0. The molecule has 0 saturated carbocycles. The average Bonchev–Trinajstić information content (AvgIpc) is 2.36. The van der Waals surface area contributed by atoms with E-state index < -0.39 is 34.3 Å². The fourth-order valence-corrected chi connectivity index (χ4v) is 10.1. The zero-order chi connectivity index (χ0) is 16.5. The van der Waals surface area contributed by atoms with Crippen molar-refractivity contribution in [1.82, 2.24) is 7.42 Å². The lowest BCUT2D eigenvalue weighted by atomic mass is 10.3.